The smallest absolute Gasteiger partial charge is 0.255 e. The maximum absolute atomic E-state index is 12.6. The Bertz CT molecular complexity index is 747. The maximum atomic E-state index is 12.6. The van der Waals surface area contributed by atoms with Crippen molar-refractivity contribution in [2.45, 2.75) is 38.5 Å². The lowest BCUT2D eigenvalue weighted by atomic mass is 10.0. The topological polar surface area (TPSA) is 84.9 Å². The summed E-state index contributed by atoms with van der Waals surface area (Å²) in [6.07, 6.45) is 0.635. The first-order valence-corrected chi connectivity index (χ1v) is 8.55. The van der Waals surface area contributed by atoms with Crippen LogP contribution in [0.4, 0.5) is 0 Å². The van der Waals surface area contributed by atoms with Crippen LogP contribution in [0.25, 0.3) is 0 Å². The largest absolute Gasteiger partial charge is 0.488 e. The fourth-order valence-electron chi connectivity index (χ4n) is 3.59. The first-order valence-electron chi connectivity index (χ1n) is 8.55. The first kappa shape index (κ1) is 16.1. The zero-order valence-electron chi connectivity index (χ0n) is 14.0. The van der Waals surface area contributed by atoms with Gasteiger partial charge in [-0.15, -0.1) is 0 Å². The van der Waals surface area contributed by atoms with E-state index in [1.807, 2.05) is 6.07 Å². The van der Waals surface area contributed by atoms with E-state index in [1.54, 1.807) is 12.1 Å². The lowest BCUT2D eigenvalue weighted by molar-refractivity contribution is -0.136. The molecule has 3 heterocycles. The van der Waals surface area contributed by atoms with Gasteiger partial charge >= 0.3 is 0 Å². The Morgan fingerprint density at radius 3 is 2.80 bits per heavy atom. The van der Waals surface area contributed by atoms with Crippen LogP contribution in [-0.4, -0.2) is 48.0 Å². The van der Waals surface area contributed by atoms with E-state index in [0.717, 1.165) is 5.56 Å². The molecule has 0 saturated carbocycles. The van der Waals surface area contributed by atoms with Gasteiger partial charge in [0, 0.05) is 24.4 Å². The predicted octanol–water partition coefficient (Wildman–Crippen LogP) is 0.861. The van der Waals surface area contributed by atoms with Crippen molar-refractivity contribution in [2.75, 3.05) is 13.2 Å². The number of nitrogens with zero attached hydrogens (tertiary/aromatic N) is 1. The summed E-state index contributed by atoms with van der Waals surface area (Å²) in [5.41, 5.74) is 1.44. The van der Waals surface area contributed by atoms with Crippen molar-refractivity contribution in [2.24, 2.45) is 5.92 Å². The number of hydrogen-bond donors (Lipinski definition) is 1. The summed E-state index contributed by atoms with van der Waals surface area (Å²) < 4.78 is 11.4. The van der Waals surface area contributed by atoms with Crippen molar-refractivity contribution in [3.05, 3.63) is 29.3 Å². The average Bonchev–Trinajstić information content (AvgIpc) is 3.12. The quantitative estimate of drug-likeness (QED) is 0.822. The standard InChI is InChI=1S/C18H20N2O5/c1-10-8-24-9-15(10)25-12-2-3-13-11(6-12)7-20(18(13)23)14-4-5-16(21)19-17(14)22/h2-3,6,10,14-15H,4-5,7-9H2,1H3,(H,19,21,22)/t10-,14?,15+/m1/s1. The molecule has 1 aromatic rings. The highest BCUT2D eigenvalue weighted by atomic mass is 16.5. The number of ether oxygens (including phenoxy) is 2. The van der Waals surface area contributed by atoms with Crippen LogP contribution < -0.4 is 10.1 Å². The molecule has 7 heteroatoms. The van der Waals surface area contributed by atoms with E-state index in [-0.39, 0.29) is 24.3 Å². The normalized spacial score (nSPS) is 28.9. The predicted molar refractivity (Wildman–Crippen MR) is 86.9 cm³/mol. The van der Waals surface area contributed by atoms with Gasteiger partial charge < -0.3 is 14.4 Å². The highest BCUT2D eigenvalue weighted by Crippen LogP contribution is 2.31. The van der Waals surface area contributed by atoms with E-state index < -0.39 is 11.9 Å². The number of nitrogens with one attached hydrogen (secondary N) is 1. The molecular formula is C18H20N2O5. The summed E-state index contributed by atoms with van der Waals surface area (Å²) in [7, 11) is 0. The molecule has 3 aliphatic heterocycles. The first-order chi connectivity index (χ1) is 12.0. The van der Waals surface area contributed by atoms with E-state index >= 15 is 0 Å². The highest BCUT2D eigenvalue weighted by Gasteiger charge is 2.39. The van der Waals surface area contributed by atoms with E-state index in [4.69, 9.17) is 9.47 Å². The van der Waals surface area contributed by atoms with Crippen LogP contribution in [0, 0.1) is 5.92 Å². The van der Waals surface area contributed by atoms with Crippen LogP contribution >= 0.6 is 0 Å². The van der Waals surface area contributed by atoms with Crippen LogP contribution in [0.1, 0.15) is 35.7 Å². The van der Waals surface area contributed by atoms with Gasteiger partial charge in [-0.2, -0.15) is 0 Å². The van der Waals surface area contributed by atoms with Crippen molar-refractivity contribution in [3.8, 4) is 5.75 Å². The maximum Gasteiger partial charge on any atom is 0.255 e. The van der Waals surface area contributed by atoms with Gasteiger partial charge in [0.2, 0.25) is 11.8 Å². The molecule has 0 spiro atoms. The molecule has 1 unspecified atom stereocenters. The summed E-state index contributed by atoms with van der Waals surface area (Å²) in [6.45, 7) is 3.70. The Balaban J connectivity index is 1.51. The molecular weight excluding hydrogens is 324 g/mol. The van der Waals surface area contributed by atoms with Crippen molar-refractivity contribution in [3.63, 3.8) is 0 Å². The zero-order chi connectivity index (χ0) is 17.6. The second-order valence-corrected chi connectivity index (χ2v) is 6.89. The summed E-state index contributed by atoms with van der Waals surface area (Å²) >= 11 is 0. The molecule has 1 aromatic carbocycles. The van der Waals surface area contributed by atoms with Gasteiger partial charge in [-0.25, -0.2) is 0 Å². The minimum absolute atomic E-state index is 0.0152. The highest BCUT2D eigenvalue weighted by molar-refractivity contribution is 6.05. The number of hydrogen-bond acceptors (Lipinski definition) is 5. The average molecular weight is 344 g/mol. The van der Waals surface area contributed by atoms with Crippen LogP contribution in [0.15, 0.2) is 18.2 Å². The lowest BCUT2D eigenvalue weighted by Crippen LogP contribution is -2.52. The Morgan fingerprint density at radius 1 is 1.24 bits per heavy atom. The molecule has 7 nitrogen and oxygen atoms in total. The fourth-order valence-corrected chi connectivity index (χ4v) is 3.59. The van der Waals surface area contributed by atoms with Crippen LogP contribution in [-0.2, 0) is 20.9 Å². The molecule has 3 aliphatic rings. The van der Waals surface area contributed by atoms with Crippen molar-refractivity contribution >= 4 is 17.7 Å². The molecule has 0 aromatic heterocycles. The van der Waals surface area contributed by atoms with Gasteiger partial charge in [-0.05, 0) is 30.2 Å². The van der Waals surface area contributed by atoms with E-state index in [9.17, 15) is 14.4 Å². The van der Waals surface area contributed by atoms with Crippen molar-refractivity contribution < 1.29 is 23.9 Å². The number of imide groups is 1. The van der Waals surface area contributed by atoms with Gasteiger partial charge in [0.05, 0.1) is 13.2 Å². The molecule has 1 N–H and O–H groups in total. The number of carbonyl (C=O) groups excluding carboxylic acids is 3. The molecule has 132 valence electrons. The molecule has 3 atom stereocenters. The van der Waals surface area contributed by atoms with E-state index in [2.05, 4.69) is 12.2 Å². The minimum Gasteiger partial charge on any atom is -0.488 e. The molecule has 0 radical (unpaired) electrons. The van der Waals surface area contributed by atoms with Crippen LogP contribution in [0.5, 0.6) is 5.75 Å². The van der Waals surface area contributed by atoms with Crippen LogP contribution in [0.2, 0.25) is 0 Å². The van der Waals surface area contributed by atoms with E-state index in [0.29, 0.717) is 43.4 Å². The van der Waals surface area contributed by atoms with Crippen LogP contribution in [0.3, 0.4) is 0 Å². The number of rotatable bonds is 3. The third-order valence-corrected chi connectivity index (χ3v) is 5.08. The Morgan fingerprint density at radius 2 is 2.08 bits per heavy atom. The Kier molecular flexibility index (Phi) is 3.95. The molecule has 0 aliphatic carbocycles. The number of carbonyl (C=O) groups is 3. The number of fused-ring (bicyclic) bond motifs is 1. The second-order valence-electron chi connectivity index (χ2n) is 6.89. The summed E-state index contributed by atoms with van der Waals surface area (Å²) in [5, 5.41) is 2.31. The van der Waals surface area contributed by atoms with Crippen molar-refractivity contribution in [1.29, 1.82) is 0 Å². The van der Waals surface area contributed by atoms with Gasteiger partial charge in [0.15, 0.2) is 0 Å². The van der Waals surface area contributed by atoms with Gasteiger partial charge in [0.25, 0.3) is 5.91 Å². The third-order valence-electron chi connectivity index (χ3n) is 5.08. The number of piperidine rings is 1. The molecule has 3 amide bonds. The number of benzene rings is 1. The third kappa shape index (κ3) is 2.89. The monoisotopic (exact) mass is 344 g/mol. The summed E-state index contributed by atoms with van der Waals surface area (Å²) in [6, 6.07) is 4.81. The SMILES string of the molecule is C[C@@H]1COC[C@@H]1Oc1ccc2c(c1)CN(C1CCC(=O)NC1=O)C2=O. The fraction of sp³-hybridized carbons (Fsp3) is 0.500. The molecule has 4 rings (SSSR count). The molecule has 2 saturated heterocycles. The lowest BCUT2D eigenvalue weighted by Gasteiger charge is -2.29. The van der Waals surface area contributed by atoms with Gasteiger partial charge in [-0.3, -0.25) is 19.7 Å². The minimum atomic E-state index is -0.592. The molecule has 25 heavy (non-hydrogen) atoms. The van der Waals surface area contributed by atoms with Crippen molar-refractivity contribution in [1.82, 2.24) is 10.2 Å². The molecule has 2 fully saturated rings. The van der Waals surface area contributed by atoms with Gasteiger partial charge in [0.1, 0.15) is 17.9 Å². The summed E-state index contributed by atoms with van der Waals surface area (Å²) in [5.74, 6) is 0.183. The molecule has 0 bridgehead atoms. The Hall–Kier alpha value is -2.41. The van der Waals surface area contributed by atoms with E-state index in [1.165, 1.54) is 4.90 Å². The number of amides is 3. The zero-order valence-corrected chi connectivity index (χ0v) is 14.0. The van der Waals surface area contributed by atoms with Gasteiger partial charge in [-0.1, -0.05) is 6.92 Å². The second kappa shape index (κ2) is 6.15. The summed E-state index contributed by atoms with van der Waals surface area (Å²) in [4.78, 5) is 37.5. The Labute approximate surface area is 145 Å².